The first-order chi connectivity index (χ1) is 14.4. The normalized spacial score (nSPS) is 16.0. The molecule has 154 valence electrons. The average Bonchev–Trinajstić information content (AvgIpc) is 3.10. The molecule has 0 radical (unpaired) electrons. The molecule has 0 bridgehead atoms. The highest BCUT2D eigenvalue weighted by atomic mass is 16.4. The van der Waals surface area contributed by atoms with E-state index in [9.17, 15) is 14.4 Å². The van der Waals surface area contributed by atoms with Crippen molar-refractivity contribution in [3.05, 3.63) is 59.4 Å². The molecule has 0 spiro atoms. The highest BCUT2D eigenvalue weighted by molar-refractivity contribution is 5.96. The van der Waals surface area contributed by atoms with Crippen molar-refractivity contribution in [1.29, 1.82) is 0 Å². The molecule has 1 unspecified atom stereocenters. The van der Waals surface area contributed by atoms with E-state index in [1.54, 1.807) is 25.2 Å². The number of para-hydroxylation sites is 2. The molecular weight excluding hydrogens is 386 g/mol. The highest BCUT2D eigenvalue weighted by Crippen LogP contribution is 2.25. The van der Waals surface area contributed by atoms with Crippen molar-refractivity contribution in [2.24, 2.45) is 0 Å². The van der Waals surface area contributed by atoms with E-state index in [-0.39, 0.29) is 24.8 Å². The lowest BCUT2D eigenvalue weighted by Crippen LogP contribution is -2.39. The summed E-state index contributed by atoms with van der Waals surface area (Å²) in [6.07, 6.45) is -0.342. The molecule has 9 nitrogen and oxygen atoms in total. The van der Waals surface area contributed by atoms with Crippen LogP contribution in [0.3, 0.4) is 0 Å². The van der Waals surface area contributed by atoms with Crippen LogP contribution in [0.4, 0.5) is 5.69 Å². The third-order valence-electron chi connectivity index (χ3n) is 5.02. The largest absolute Gasteiger partial charge is 0.481 e. The summed E-state index contributed by atoms with van der Waals surface area (Å²) in [5.41, 5.74) is 3.52. The molecule has 3 aromatic rings. The SMILES string of the molecule is CN1Cc2ccc(C(=O)NCc3nc4ccccc4[nH]3)cc2NC(CC(=O)O)C1=O. The molecular formula is C21H21N5O4. The summed E-state index contributed by atoms with van der Waals surface area (Å²) in [6, 6.07) is 11.8. The molecule has 0 aliphatic carbocycles. The number of carboxylic acids is 1. The van der Waals surface area contributed by atoms with Crippen molar-refractivity contribution in [1.82, 2.24) is 20.2 Å². The summed E-state index contributed by atoms with van der Waals surface area (Å²) in [4.78, 5) is 45.2. The van der Waals surface area contributed by atoms with Gasteiger partial charge in [0, 0.05) is 24.8 Å². The second-order valence-corrected chi connectivity index (χ2v) is 7.24. The Labute approximate surface area is 172 Å². The van der Waals surface area contributed by atoms with E-state index in [0.717, 1.165) is 16.6 Å². The number of carbonyl (C=O) groups excluding carboxylic acids is 2. The van der Waals surface area contributed by atoms with Crippen LogP contribution in [0.15, 0.2) is 42.5 Å². The number of amides is 2. The number of aromatic amines is 1. The number of nitrogens with zero attached hydrogens (tertiary/aromatic N) is 2. The molecule has 1 aromatic heterocycles. The molecule has 4 N–H and O–H groups in total. The number of rotatable bonds is 5. The Morgan fingerprint density at radius 2 is 2.07 bits per heavy atom. The number of benzene rings is 2. The molecule has 2 heterocycles. The van der Waals surface area contributed by atoms with E-state index in [0.29, 0.717) is 23.6 Å². The van der Waals surface area contributed by atoms with Crippen LogP contribution in [0, 0.1) is 0 Å². The van der Waals surface area contributed by atoms with Crippen LogP contribution in [0.25, 0.3) is 11.0 Å². The number of aliphatic carboxylic acids is 1. The maximum absolute atomic E-state index is 12.6. The second kappa shape index (κ2) is 7.86. The van der Waals surface area contributed by atoms with Gasteiger partial charge in [-0.05, 0) is 29.8 Å². The van der Waals surface area contributed by atoms with Crippen LogP contribution in [0.2, 0.25) is 0 Å². The van der Waals surface area contributed by atoms with Gasteiger partial charge in [-0.25, -0.2) is 4.98 Å². The Balaban J connectivity index is 1.50. The van der Waals surface area contributed by atoms with Crippen LogP contribution in [0.5, 0.6) is 0 Å². The van der Waals surface area contributed by atoms with Crippen LogP contribution in [0.1, 0.15) is 28.2 Å². The Morgan fingerprint density at radius 3 is 2.83 bits per heavy atom. The first-order valence-corrected chi connectivity index (χ1v) is 9.49. The third kappa shape index (κ3) is 3.95. The van der Waals surface area contributed by atoms with Crippen molar-refractivity contribution >= 4 is 34.5 Å². The number of nitrogens with one attached hydrogen (secondary N) is 3. The van der Waals surface area contributed by atoms with E-state index in [1.165, 1.54) is 4.90 Å². The van der Waals surface area contributed by atoms with Gasteiger partial charge in [-0.3, -0.25) is 14.4 Å². The molecule has 0 fully saturated rings. The summed E-state index contributed by atoms with van der Waals surface area (Å²) in [7, 11) is 1.63. The average molecular weight is 407 g/mol. The predicted octanol–water partition coefficient (Wildman–Crippen LogP) is 1.72. The maximum Gasteiger partial charge on any atom is 0.305 e. The van der Waals surface area contributed by atoms with E-state index in [1.807, 2.05) is 24.3 Å². The maximum atomic E-state index is 12.6. The lowest BCUT2D eigenvalue weighted by Gasteiger charge is -2.19. The fourth-order valence-electron chi connectivity index (χ4n) is 3.51. The van der Waals surface area contributed by atoms with E-state index < -0.39 is 12.0 Å². The van der Waals surface area contributed by atoms with Crippen LogP contribution in [-0.2, 0) is 22.7 Å². The monoisotopic (exact) mass is 407 g/mol. The minimum atomic E-state index is -1.07. The van der Waals surface area contributed by atoms with Crippen molar-refractivity contribution in [3.63, 3.8) is 0 Å². The number of aromatic nitrogens is 2. The van der Waals surface area contributed by atoms with Crippen molar-refractivity contribution < 1.29 is 19.5 Å². The Bertz CT molecular complexity index is 1110. The Hall–Kier alpha value is -3.88. The van der Waals surface area contributed by atoms with Crippen LogP contribution < -0.4 is 10.6 Å². The van der Waals surface area contributed by atoms with Crippen molar-refractivity contribution in [2.75, 3.05) is 12.4 Å². The van der Waals surface area contributed by atoms with Gasteiger partial charge in [0.25, 0.3) is 5.91 Å². The molecule has 0 saturated carbocycles. The summed E-state index contributed by atoms with van der Waals surface area (Å²) >= 11 is 0. The number of hydrogen-bond acceptors (Lipinski definition) is 5. The molecule has 4 rings (SSSR count). The number of fused-ring (bicyclic) bond motifs is 2. The van der Waals surface area contributed by atoms with Gasteiger partial charge < -0.3 is 25.6 Å². The van der Waals surface area contributed by atoms with Gasteiger partial charge in [-0.1, -0.05) is 18.2 Å². The number of imidazole rings is 1. The lowest BCUT2D eigenvalue weighted by atomic mass is 10.1. The lowest BCUT2D eigenvalue weighted by molar-refractivity contribution is -0.141. The molecule has 2 amide bonds. The molecule has 1 aliphatic heterocycles. The number of anilines is 1. The first-order valence-electron chi connectivity index (χ1n) is 9.49. The second-order valence-electron chi connectivity index (χ2n) is 7.24. The van der Waals surface area contributed by atoms with Gasteiger partial charge >= 0.3 is 5.97 Å². The minimum absolute atomic E-state index is 0.237. The van der Waals surface area contributed by atoms with Gasteiger partial charge in [0.2, 0.25) is 5.91 Å². The van der Waals surface area contributed by atoms with E-state index in [2.05, 4.69) is 20.6 Å². The van der Waals surface area contributed by atoms with Gasteiger partial charge in [0.15, 0.2) is 0 Å². The minimum Gasteiger partial charge on any atom is -0.481 e. The van der Waals surface area contributed by atoms with Gasteiger partial charge in [0.05, 0.1) is 24.0 Å². The van der Waals surface area contributed by atoms with Gasteiger partial charge in [-0.15, -0.1) is 0 Å². The molecule has 2 aromatic carbocycles. The molecule has 9 heteroatoms. The molecule has 0 saturated heterocycles. The van der Waals surface area contributed by atoms with Crippen LogP contribution in [-0.4, -0.2) is 50.8 Å². The first kappa shape index (κ1) is 19.4. The highest BCUT2D eigenvalue weighted by Gasteiger charge is 2.29. The van der Waals surface area contributed by atoms with Gasteiger partial charge in [0.1, 0.15) is 11.9 Å². The quantitative estimate of drug-likeness (QED) is 0.510. The zero-order valence-corrected chi connectivity index (χ0v) is 16.3. The number of H-pyrrole nitrogens is 1. The number of carbonyl (C=O) groups is 3. The van der Waals surface area contributed by atoms with E-state index >= 15 is 0 Å². The molecule has 1 aliphatic rings. The smallest absolute Gasteiger partial charge is 0.305 e. The van der Waals surface area contributed by atoms with Crippen LogP contribution >= 0.6 is 0 Å². The zero-order chi connectivity index (χ0) is 21.3. The topological polar surface area (TPSA) is 127 Å². The third-order valence-corrected chi connectivity index (χ3v) is 5.02. The zero-order valence-electron chi connectivity index (χ0n) is 16.3. The summed E-state index contributed by atoms with van der Waals surface area (Å²) in [6.45, 7) is 0.569. The number of carboxylic acid groups (broad SMARTS) is 1. The van der Waals surface area contributed by atoms with Crippen molar-refractivity contribution in [2.45, 2.75) is 25.6 Å². The Kier molecular flexibility index (Phi) is 5.09. The molecule has 30 heavy (non-hydrogen) atoms. The fourth-order valence-corrected chi connectivity index (χ4v) is 3.51. The fraction of sp³-hybridized carbons (Fsp3) is 0.238. The predicted molar refractivity (Wildman–Crippen MR) is 110 cm³/mol. The summed E-state index contributed by atoms with van der Waals surface area (Å²) in [5, 5.41) is 14.9. The van der Waals surface area contributed by atoms with Crippen molar-refractivity contribution in [3.8, 4) is 0 Å². The molecule has 1 atom stereocenters. The number of likely N-dealkylation sites (N-methyl/N-ethyl adjacent to an activating group) is 1. The number of hydrogen-bond donors (Lipinski definition) is 4. The summed E-state index contributed by atoms with van der Waals surface area (Å²) < 4.78 is 0. The summed E-state index contributed by atoms with van der Waals surface area (Å²) in [5.74, 6) is -1.02. The Morgan fingerprint density at radius 1 is 1.27 bits per heavy atom. The standard InChI is InChI=1S/C21H21N5O4/c1-26-11-13-7-6-12(8-16(13)23-17(21(26)30)9-19(27)28)20(29)22-10-18-24-14-4-2-3-5-15(14)25-18/h2-8,17,23H,9-11H2,1H3,(H,22,29)(H,24,25)(H,27,28). The van der Waals surface area contributed by atoms with E-state index in [4.69, 9.17) is 5.11 Å². The van der Waals surface area contributed by atoms with Gasteiger partial charge in [-0.2, -0.15) is 0 Å².